The van der Waals surface area contributed by atoms with Crippen LogP contribution in [0, 0.1) is 6.92 Å². The van der Waals surface area contributed by atoms with Crippen molar-refractivity contribution >= 4 is 50.7 Å². The number of rotatable bonds is 12. The number of amides is 2. The lowest BCUT2D eigenvalue weighted by molar-refractivity contribution is -0.138. The van der Waals surface area contributed by atoms with Crippen LogP contribution < -0.4 is 9.62 Å². The topological polar surface area (TPSA) is 86.8 Å². The molecule has 0 aromatic heterocycles. The fourth-order valence-corrected chi connectivity index (χ4v) is 5.67. The zero-order valence-electron chi connectivity index (χ0n) is 22.2. The summed E-state index contributed by atoms with van der Waals surface area (Å²) in [5, 5.41) is 3.24. The molecule has 7 nitrogen and oxygen atoms in total. The maximum atomic E-state index is 13.8. The van der Waals surface area contributed by atoms with E-state index in [1.54, 1.807) is 19.1 Å². The first-order chi connectivity index (χ1) is 18.5. The van der Waals surface area contributed by atoms with Crippen molar-refractivity contribution in [3.63, 3.8) is 0 Å². The SMILES string of the molecule is CCCNC(=O)[C@@H](C)N(CCc1ccccc1)C(=O)CN(c1ccc(Cl)c(Cl)c1)S(=O)(=O)c1ccc(C)cc1. The highest BCUT2D eigenvalue weighted by Crippen LogP contribution is 2.31. The van der Waals surface area contributed by atoms with Gasteiger partial charge in [-0.1, -0.05) is 78.2 Å². The normalized spacial score (nSPS) is 12.0. The van der Waals surface area contributed by atoms with Gasteiger partial charge in [0.05, 0.1) is 20.6 Å². The predicted molar refractivity (Wildman–Crippen MR) is 157 cm³/mol. The van der Waals surface area contributed by atoms with Gasteiger partial charge in [0.1, 0.15) is 12.6 Å². The lowest BCUT2D eigenvalue weighted by atomic mass is 10.1. The van der Waals surface area contributed by atoms with Crippen LogP contribution in [0.5, 0.6) is 0 Å². The number of benzene rings is 3. The van der Waals surface area contributed by atoms with Crippen molar-refractivity contribution < 1.29 is 18.0 Å². The summed E-state index contributed by atoms with van der Waals surface area (Å²) < 4.78 is 28.7. The van der Waals surface area contributed by atoms with E-state index in [1.165, 1.54) is 35.2 Å². The van der Waals surface area contributed by atoms with Gasteiger partial charge in [0, 0.05) is 13.1 Å². The van der Waals surface area contributed by atoms with Crippen molar-refractivity contribution in [3.05, 3.63) is 94.0 Å². The fraction of sp³-hybridized carbons (Fsp3) is 0.310. The van der Waals surface area contributed by atoms with Gasteiger partial charge < -0.3 is 10.2 Å². The summed E-state index contributed by atoms with van der Waals surface area (Å²) in [5.74, 6) is -0.826. The first-order valence-corrected chi connectivity index (χ1v) is 14.9. The van der Waals surface area contributed by atoms with E-state index in [9.17, 15) is 18.0 Å². The summed E-state index contributed by atoms with van der Waals surface area (Å²) in [6, 6.07) is 19.5. The number of halogens is 2. The van der Waals surface area contributed by atoms with Gasteiger partial charge in [0.25, 0.3) is 10.0 Å². The summed E-state index contributed by atoms with van der Waals surface area (Å²) in [4.78, 5) is 28.2. The molecule has 0 radical (unpaired) electrons. The van der Waals surface area contributed by atoms with Crippen molar-refractivity contribution in [1.29, 1.82) is 0 Å². The van der Waals surface area contributed by atoms with Crippen LogP contribution in [0.15, 0.2) is 77.7 Å². The first-order valence-electron chi connectivity index (χ1n) is 12.7. The Kier molecular flexibility index (Phi) is 10.8. The number of hydrogen-bond acceptors (Lipinski definition) is 4. The largest absolute Gasteiger partial charge is 0.354 e. The van der Waals surface area contributed by atoms with Gasteiger partial charge >= 0.3 is 0 Å². The highest BCUT2D eigenvalue weighted by molar-refractivity contribution is 7.92. The van der Waals surface area contributed by atoms with Crippen LogP contribution in [-0.4, -0.2) is 50.8 Å². The molecule has 2 amide bonds. The Balaban J connectivity index is 1.99. The lowest BCUT2D eigenvalue weighted by Crippen LogP contribution is -2.52. The number of hydrogen-bond donors (Lipinski definition) is 1. The smallest absolute Gasteiger partial charge is 0.264 e. The Bertz CT molecular complexity index is 1380. The molecule has 0 aliphatic rings. The average molecular weight is 591 g/mol. The standard InChI is InChI=1S/C29H33Cl2N3O4S/c1-4-17-32-29(36)22(3)33(18-16-23-8-6-5-7-9-23)28(35)20-34(24-12-15-26(30)27(31)19-24)39(37,38)25-13-10-21(2)11-14-25/h5-15,19,22H,4,16-18,20H2,1-3H3,(H,32,36)/t22-/m1/s1. The zero-order chi connectivity index (χ0) is 28.6. The number of anilines is 1. The molecule has 0 aliphatic carbocycles. The molecule has 3 aromatic carbocycles. The van der Waals surface area contributed by atoms with Crippen molar-refractivity contribution in [2.75, 3.05) is 23.9 Å². The van der Waals surface area contributed by atoms with Crippen LogP contribution in [0.3, 0.4) is 0 Å². The molecule has 0 saturated carbocycles. The number of aryl methyl sites for hydroxylation is 1. The molecule has 208 valence electrons. The van der Waals surface area contributed by atoms with E-state index in [4.69, 9.17) is 23.2 Å². The first kappa shape index (κ1) is 30.5. The summed E-state index contributed by atoms with van der Waals surface area (Å²) in [6.45, 7) is 5.60. The Hall–Kier alpha value is -3.07. The summed E-state index contributed by atoms with van der Waals surface area (Å²) in [5.41, 5.74) is 2.07. The number of nitrogens with one attached hydrogen (secondary N) is 1. The average Bonchev–Trinajstić information content (AvgIpc) is 2.92. The molecule has 1 atom stereocenters. The van der Waals surface area contributed by atoms with Crippen LogP contribution in [0.4, 0.5) is 5.69 Å². The van der Waals surface area contributed by atoms with Crippen molar-refractivity contribution in [3.8, 4) is 0 Å². The quantitative estimate of drug-likeness (QED) is 0.303. The Labute approximate surface area is 240 Å². The van der Waals surface area contributed by atoms with Gasteiger partial charge in [0.15, 0.2) is 0 Å². The molecule has 0 saturated heterocycles. The number of carbonyl (C=O) groups is 2. The van der Waals surface area contributed by atoms with Crippen molar-refractivity contribution in [2.45, 2.75) is 44.6 Å². The molecule has 0 unspecified atom stereocenters. The molecule has 3 rings (SSSR count). The molecule has 0 fully saturated rings. The third kappa shape index (κ3) is 7.97. The van der Waals surface area contributed by atoms with Crippen LogP contribution in [0.2, 0.25) is 10.0 Å². The van der Waals surface area contributed by atoms with E-state index in [1.807, 2.05) is 44.2 Å². The van der Waals surface area contributed by atoms with Crippen molar-refractivity contribution in [2.24, 2.45) is 0 Å². The van der Waals surface area contributed by atoms with Crippen LogP contribution in [-0.2, 0) is 26.0 Å². The number of nitrogens with zero attached hydrogens (tertiary/aromatic N) is 2. The molecule has 0 bridgehead atoms. The van der Waals surface area contributed by atoms with Gasteiger partial charge in [-0.25, -0.2) is 8.42 Å². The molecular weight excluding hydrogens is 557 g/mol. The van der Waals surface area contributed by atoms with Gasteiger partial charge in [-0.2, -0.15) is 0 Å². The molecular formula is C29H33Cl2N3O4S. The molecule has 3 aromatic rings. The molecule has 10 heteroatoms. The minimum atomic E-state index is -4.17. The van der Waals surface area contributed by atoms with Gasteiger partial charge in [-0.3, -0.25) is 13.9 Å². The van der Waals surface area contributed by atoms with Crippen molar-refractivity contribution in [1.82, 2.24) is 10.2 Å². The second kappa shape index (κ2) is 13.8. The predicted octanol–water partition coefficient (Wildman–Crippen LogP) is 5.48. The summed E-state index contributed by atoms with van der Waals surface area (Å²) in [6.07, 6.45) is 1.24. The van der Waals surface area contributed by atoms with Crippen LogP contribution >= 0.6 is 23.2 Å². The zero-order valence-corrected chi connectivity index (χ0v) is 24.6. The number of carbonyl (C=O) groups excluding carboxylic acids is 2. The Morgan fingerprint density at radius 2 is 1.62 bits per heavy atom. The molecule has 1 N–H and O–H groups in total. The summed E-state index contributed by atoms with van der Waals surface area (Å²) in [7, 11) is -4.17. The second-order valence-electron chi connectivity index (χ2n) is 9.21. The van der Waals surface area contributed by atoms with Crippen LogP contribution in [0.25, 0.3) is 0 Å². The van der Waals surface area contributed by atoms with E-state index in [0.29, 0.717) is 13.0 Å². The lowest BCUT2D eigenvalue weighted by Gasteiger charge is -2.32. The van der Waals surface area contributed by atoms with E-state index in [0.717, 1.165) is 21.9 Å². The minimum absolute atomic E-state index is 0.0246. The van der Waals surface area contributed by atoms with Gasteiger partial charge in [0.2, 0.25) is 11.8 Å². The second-order valence-corrected chi connectivity index (χ2v) is 11.9. The molecule has 0 aliphatic heterocycles. The number of sulfonamides is 1. The Morgan fingerprint density at radius 3 is 2.23 bits per heavy atom. The minimum Gasteiger partial charge on any atom is -0.354 e. The third-order valence-corrected chi connectivity index (χ3v) is 8.81. The maximum Gasteiger partial charge on any atom is 0.264 e. The highest BCUT2D eigenvalue weighted by Gasteiger charge is 2.32. The van der Waals surface area contributed by atoms with Gasteiger partial charge in [-0.15, -0.1) is 0 Å². The summed E-state index contributed by atoms with van der Waals surface area (Å²) >= 11 is 12.3. The fourth-order valence-electron chi connectivity index (χ4n) is 3.97. The Morgan fingerprint density at radius 1 is 0.949 bits per heavy atom. The van der Waals surface area contributed by atoms with E-state index in [2.05, 4.69) is 5.32 Å². The monoisotopic (exact) mass is 589 g/mol. The maximum absolute atomic E-state index is 13.8. The molecule has 0 spiro atoms. The van der Waals surface area contributed by atoms with Gasteiger partial charge in [-0.05, 0) is 62.6 Å². The van der Waals surface area contributed by atoms with E-state index < -0.39 is 28.5 Å². The molecule has 39 heavy (non-hydrogen) atoms. The van der Waals surface area contributed by atoms with Crippen LogP contribution in [0.1, 0.15) is 31.4 Å². The van der Waals surface area contributed by atoms with E-state index in [-0.39, 0.29) is 33.1 Å². The molecule has 0 heterocycles. The van der Waals surface area contributed by atoms with E-state index >= 15 is 0 Å². The third-order valence-electron chi connectivity index (χ3n) is 6.28. The highest BCUT2D eigenvalue weighted by atomic mass is 35.5.